The molecule has 6 heteroatoms. The molecule has 0 saturated carbocycles. The summed E-state index contributed by atoms with van der Waals surface area (Å²) in [5.41, 5.74) is 4.06. The van der Waals surface area contributed by atoms with Gasteiger partial charge in [-0.2, -0.15) is 5.10 Å². The molecule has 1 atom stereocenters. The van der Waals surface area contributed by atoms with Gasteiger partial charge in [0.1, 0.15) is 11.5 Å². The maximum Gasteiger partial charge on any atom is 0.262 e. The quantitative estimate of drug-likeness (QED) is 0.696. The van der Waals surface area contributed by atoms with E-state index in [9.17, 15) is 4.79 Å². The van der Waals surface area contributed by atoms with Gasteiger partial charge in [0.15, 0.2) is 0 Å². The van der Waals surface area contributed by atoms with Crippen LogP contribution >= 0.6 is 11.3 Å². The van der Waals surface area contributed by atoms with E-state index < -0.39 is 0 Å². The van der Waals surface area contributed by atoms with E-state index in [-0.39, 0.29) is 18.5 Å². The first-order valence-corrected chi connectivity index (χ1v) is 9.78. The zero-order valence-electron chi connectivity index (χ0n) is 15.3. The summed E-state index contributed by atoms with van der Waals surface area (Å²) in [7, 11) is 0. The molecule has 0 fully saturated rings. The largest absolute Gasteiger partial charge is 0.463 e. The molecule has 5 nitrogen and oxygen atoms in total. The average molecular weight is 379 g/mol. The van der Waals surface area contributed by atoms with Gasteiger partial charge in [-0.05, 0) is 48.6 Å². The number of benzene rings is 1. The fraction of sp³-hybridized carbons (Fsp3) is 0.238. The molecule has 0 unspecified atom stereocenters. The van der Waals surface area contributed by atoms with Gasteiger partial charge in [-0.3, -0.25) is 4.79 Å². The molecule has 0 radical (unpaired) electrons. The number of rotatable bonds is 5. The third kappa shape index (κ3) is 3.53. The van der Waals surface area contributed by atoms with Gasteiger partial charge in [-0.25, -0.2) is 5.01 Å². The second-order valence-corrected chi connectivity index (χ2v) is 7.60. The number of amides is 1. The number of hydrazone groups is 1. The van der Waals surface area contributed by atoms with Crippen LogP contribution in [0.2, 0.25) is 0 Å². The zero-order chi connectivity index (χ0) is 18.8. The molecule has 1 aliphatic rings. The molecule has 1 amide bonds. The summed E-state index contributed by atoms with van der Waals surface area (Å²) in [5, 5.41) is 11.5. The molecule has 1 N–H and O–H groups in total. The summed E-state index contributed by atoms with van der Waals surface area (Å²) in [6.07, 6.45) is 2.29. The fourth-order valence-electron chi connectivity index (χ4n) is 3.37. The van der Waals surface area contributed by atoms with E-state index >= 15 is 0 Å². The molecule has 1 aliphatic heterocycles. The number of anilines is 1. The van der Waals surface area contributed by atoms with Crippen molar-refractivity contribution in [2.45, 2.75) is 26.3 Å². The standard InChI is InChI=1S/C21H21N3O2S/c1-14-6-3-7-15(2)21(14)22-13-20(25)24-17(19-9-5-11-27-19)12-16(23-24)18-8-4-10-26-18/h3-11,17,22H,12-13H2,1-2H3/t17-/m0/s1. The lowest BCUT2D eigenvalue weighted by Crippen LogP contribution is -2.32. The first-order valence-electron chi connectivity index (χ1n) is 8.90. The smallest absolute Gasteiger partial charge is 0.262 e. The molecule has 4 rings (SSSR count). The Morgan fingerprint density at radius 1 is 1.22 bits per heavy atom. The Labute approximate surface area is 162 Å². The SMILES string of the molecule is Cc1cccc(C)c1NCC(=O)N1N=C(c2ccco2)C[C@H]1c1cccs1. The minimum atomic E-state index is -0.0858. The van der Waals surface area contributed by atoms with Crippen LogP contribution in [0.5, 0.6) is 0 Å². The number of thiophene rings is 1. The number of carbonyl (C=O) groups is 1. The molecule has 2 aromatic heterocycles. The summed E-state index contributed by atoms with van der Waals surface area (Å²) in [4.78, 5) is 14.1. The van der Waals surface area contributed by atoms with E-state index in [1.165, 1.54) is 0 Å². The van der Waals surface area contributed by atoms with Crippen molar-refractivity contribution in [1.29, 1.82) is 0 Å². The summed E-state index contributed by atoms with van der Waals surface area (Å²) in [6, 6.07) is 13.8. The number of hydrogen-bond acceptors (Lipinski definition) is 5. The molecule has 3 aromatic rings. The Bertz CT molecular complexity index is 941. The van der Waals surface area contributed by atoms with Crippen molar-refractivity contribution in [3.63, 3.8) is 0 Å². The molecule has 0 saturated heterocycles. The monoisotopic (exact) mass is 379 g/mol. The van der Waals surface area contributed by atoms with Gasteiger partial charge < -0.3 is 9.73 Å². The van der Waals surface area contributed by atoms with Crippen molar-refractivity contribution in [2.75, 3.05) is 11.9 Å². The van der Waals surface area contributed by atoms with Crippen LogP contribution in [0.4, 0.5) is 5.69 Å². The molecule has 0 spiro atoms. The second-order valence-electron chi connectivity index (χ2n) is 6.62. The highest BCUT2D eigenvalue weighted by Crippen LogP contribution is 2.35. The van der Waals surface area contributed by atoms with Gasteiger partial charge >= 0.3 is 0 Å². The first kappa shape index (κ1) is 17.5. The maximum absolute atomic E-state index is 13.0. The molecule has 1 aromatic carbocycles. The maximum atomic E-state index is 13.0. The van der Waals surface area contributed by atoms with E-state index in [1.54, 1.807) is 22.6 Å². The minimum absolute atomic E-state index is 0.0578. The highest BCUT2D eigenvalue weighted by atomic mass is 32.1. The van der Waals surface area contributed by atoms with Crippen LogP contribution in [0.25, 0.3) is 0 Å². The lowest BCUT2D eigenvalue weighted by atomic mass is 10.1. The van der Waals surface area contributed by atoms with Crippen LogP contribution in [-0.2, 0) is 4.79 Å². The van der Waals surface area contributed by atoms with Gasteiger partial charge in [-0.1, -0.05) is 24.3 Å². The third-order valence-corrected chi connectivity index (χ3v) is 5.71. The van der Waals surface area contributed by atoms with Crippen molar-refractivity contribution in [1.82, 2.24) is 5.01 Å². The topological polar surface area (TPSA) is 57.8 Å². The number of furan rings is 1. The van der Waals surface area contributed by atoms with Crippen LogP contribution in [0.3, 0.4) is 0 Å². The lowest BCUT2D eigenvalue weighted by Gasteiger charge is -2.21. The summed E-state index contributed by atoms with van der Waals surface area (Å²) < 4.78 is 5.49. The second kappa shape index (κ2) is 7.40. The van der Waals surface area contributed by atoms with E-state index in [1.807, 2.05) is 55.6 Å². The number of carbonyl (C=O) groups excluding carboxylic acids is 1. The van der Waals surface area contributed by atoms with E-state index in [0.717, 1.165) is 33.2 Å². The van der Waals surface area contributed by atoms with Crippen LogP contribution in [0, 0.1) is 13.8 Å². The number of nitrogens with zero attached hydrogens (tertiary/aromatic N) is 2. The van der Waals surface area contributed by atoms with Gasteiger partial charge in [0.25, 0.3) is 5.91 Å². The van der Waals surface area contributed by atoms with E-state index in [0.29, 0.717) is 6.42 Å². The van der Waals surface area contributed by atoms with Gasteiger partial charge in [0.05, 0.1) is 18.8 Å². The summed E-state index contributed by atoms with van der Waals surface area (Å²) in [5.74, 6) is 0.659. The number of hydrogen-bond donors (Lipinski definition) is 1. The van der Waals surface area contributed by atoms with Crippen molar-refractivity contribution >= 4 is 28.6 Å². The molecule has 138 valence electrons. The molecule has 0 aliphatic carbocycles. The normalized spacial score (nSPS) is 16.4. The molecular weight excluding hydrogens is 358 g/mol. The number of para-hydroxylation sites is 1. The summed E-state index contributed by atoms with van der Waals surface area (Å²) in [6.45, 7) is 4.27. The average Bonchev–Trinajstić information content (AvgIpc) is 3.40. The van der Waals surface area contributed by atoms with Crippen LogP contribution in [0.15, 0.2) is 63.6 Å². The molecule has 0 bridgehead atoms. The lowest BCUT2D eigenvalue weighted by molar-refractivity contribution is -0.131. The third-order valence-electron chi connectivity index (χ3n) is 4.74. The van der Waals surface area contributed by atoms with Gasteiger partial charge in [-0.15, -0.1) is 11.3 Å². The number of aryl methyl sites for hydroxylation is 2. The summed E-state index contributed by atoms with van der Waals surface area (Å²) >= 11 is 1.64. The predicted molar refractivity (Wildman–Crippen MR) is 108 cm³/mol. The number of nitrogens with one attached hydrogen (secondary N) is 1. The molecule has 27 heavy (non-hydrogen) atoms. The van der Waals surface area contributed by atoms with Crippen molar-refractivity contribution in [3.05, 3.63) is 75.9 Å². The Balaban J connectivity index is 1.55. The highest BCUT2D eigenvalue weighted by Gasteiger charge is 2.34. The van der Waals surface area contributed by atoms with Crippen molar-refractivity contribution < 1.29 is 9.21 Å². The Hall–Kier alpha value is -2.86. The van der Waals surface area contributed by atoms with Crippen molar-refractivity contribution in [2.24, 2.45) is 5.10 Å². The minimum Gasteiger partial charge on any atom is -0.463 e. The van der Waals surface area contributed by atoms with Crippen molar-refractivity contribution in [3.8, 4) is 0 Å². The van der Waals surface area contributed by atoms with Crippen LogP contribution < -0.4 is 5.32 Å². The van der Waals surface area contributed by atoms with Gasteiger partial charge in [0.2, 0.25) is 0 Å². The van der Waals surface area contributed by atoms with E-state index in [2.05, 4.69) is 16.5 Å². The van der Waals surface area contributed by atoms with E-state index in [4.69, 9.17) is 4.42 Å². The fourth-order valence-corrected chi connectivity index (χ4v) is 4.18. The molecular formula is C21H21N3O2S. The molecule has 3 heterocycles. The Kier molecular flexibility index (Phi) is 4.81. The van der Waals surface area contributed by atoms with Crippen LogP contribution in [0.1, 0.15) is 34.2 Å². The Morgan fingerprint density at radius 2 is 2.04 bits per heavy atom. The highest BCUT2D eigenvalue weighted by molar-refractivity contribution is 7.10. The zero-order valence-corrected chi connectivity index (χ0v) is 16.1. The Morgan fingerprint density at radius 3 is 2.70 bits per heavy atom. The first-order chi connectivity index (χ1) is 13.1. The predicted octanol–water partition coefficient (Wildman–Crippen LogP) is 4.75. The van der Waals surface area contributed by atoms with Gasteiger partial charge in [0, 0.05) is 17.0 Å². The van der Waals surface area contributed by atoms with Crippen LogP contribution in [-0.4, -0.2) is 23.2 Å².